The molecule has 4 heteroatoms. The molecule has 21 heavy (non-hydrogen) atoms. The SMILES string of the molecule is CCNC(C)c1ccc(OCc2cccc(F)c2F)cc1. The van der Waals surface area contributed by atoms with E-state index in [-0.39, 0.29) is 18.2 Å². The highest BCUT2D eigenvalue weighted by Gasteiger charge is 2.08. The third-order valence-electron chi connectivity index (χ3n) is 3.32. The Balaban J connectivity index is 1.99. The highest BCUT2D eigenvalue weighted by Crippen LogP contribution is 2.19. The predicted molar refractivity (Wildman–Crippen MR) is 79.2 cm³/mol. The monoisotopic (exact) mass is 291 g/mol. The van der Waals surface area contributed by atoms with Gasteiger partial charge in [0.25, 0.3) is 0 Å². The Morgan fingerprint density at radius 3 is 2.48 bits per heavy atom. The molecule has 0 aliphatic rings. The van der Waals surface area contributed by atoms with Crippen molar-refractivity contribution < 1.29 is 13.5 Å². The lowest BCUT2D eigenvalue weighted by molar-refractivity contribution is 0.297. The van der Waals surface area contributed by atoms with Crippen molar-refractivity contribution in [1.29, 1.82) is 0 Å². The van der Waals surface area contributed by atoms with Crippen LogP contribution in [0.15, 0.2) is 42.5 Å². The second kappa shape index (κ2) is 7.18. The molecule has 1 unspecified atom stereocenters. The largest absolute Gasteiger partial charge is 0.489 e. The van der Waals surface area contributed by atoms with Gasteiger partial charge in [0.2, 0.25) is 0 Å². The molecule has 0 saturated heterocycles. The number of nitrogens with one attached hydrogen (secondary N) is 1. The number of hydrogen-bond donors (Lipinski definition) is 1. The maximum absolute atomic E-state index is 13.5. The van der Waals surface area contributed by atoms with Gasteiger partial charge in [0.05, 0.1) is 0 Å². The van der Waals surface area contributed by atoms with E-state index in [0.717, 1.165) is 18.2 Å². The maximum atomic E-state index is 13.5. The van der Waals surface area contributed by atoms with E-state index < -0.39 is 11.6 Å². The van der Waals surface area contributed by atoms with Crippen LogP contribution in [0.4, 0.5) is 8.78 Å². The van der Waals surface area contributed by atoms with Crippen LogP contribution in [-0.2, 0) is 6.61 Å². The first kappa shape index (κ1) is 15.4. The van der Waals surface area contributed by atoms with Gasteiger partial charge < -0.3 is 10.1 Å². The quantitative estimate of drug-likeness (QED) is 0.860. The van der Waals surface area contributed by atoms with E-state index in [1.54, 1.807) is 0 Å². The van der Waals surface area contributed by atoms with Crippen molar-refractivity contribution in [2.45, 2.75) is 26.5 Å². The van der Waals surface area contributed by atoms with Gasteiger partial charge in [0.15, 0.2) is 11.6 Å². The van der Waals surface area contributed by atoms with E-state index >= 15 is 0 Å². The van der Waals surface area contributed by atoms with Gasteiger partial charge >= 0.3 is 0 Å². The van der Waals surface area contributed by atoms with Crippen LogP contribution < -0.4 is 10.1 Å². The summed E-state index contributed by atoms with van der Waals surface area (Å²) in [5.41, 5.74) is 1.36. The Kier molecular flexibility index (Phi) is 5.28. The highest BCUT2D eigenvalue weighted by atomic mass is 19.2. The molecule has 2 rings (SSSR count). The summed E-state index contributed by atoms with van der Waals surface area (Å²) in [6.45, 7) is 5.05. The molecule has 0 saturated carbocycles. The van der Waals surface area contributed by atoms with Crippen LogP contribution in [0.5, 0.6) is 5.75 Å². The number of ether oxygens (including phenoxy) is 1. The molecule has 0 fully saturated rings. The van der Waals surface area contributed by atoms with E-state index in [9.17, 15) is 8.78 Å². The summed E-state index contributed by atoms with van der Waals surface area (Å²) in [5, 5.41) is 3.32. The number of halogens is 2. The van der Waals surface area contributed by atoms with Gasteiger partial charge in [-0.2, -0.15) is 0 Å². The summed E-state index contributed by atoms with van der Waals surface area (Å²) in [7, 11) is 0. The first-order chi connectivity index (χ1) is 10.1. The van der Waals surface area contributed by atoms with E-state index in [4.69, 9.17) is 4.74 Å². The average molecular weight is 291 g/mol. The first-order valence-electron chi connectivity index (χ1n) is 7.01. The van der Waals surface area contributed by atoms with Crippen LogP contribution in [0.25, 0.3) is 0 Å². The van der Waals surface area contributed by atoms with Gasteiger partial charge in [-0.25, -0.2) is 8.78 Å². The van der Waals surface area contributed by atoms with Crippen molar-refractivity contribution >= 4 is 0 Å². The smallest absolute Gasteiger partial charge is 0.165 e. The van der Waals surface area contributed by atoms with Gasteiger partial charge in [-0.05, 0) is 37.2 Å². The molecular formula is C17H19F2NO. The van der Waals surface area contributed by atoms with E-state index in [1.807, 2.05) is 24.3 Å². The number of hydrogen-bond acceptors (Lipinski definition) is 2. The van der Waals surface area contributed by atoms with Crippen molar-refractivity contribution in [3.63, 3.8) is 0 Å². The van der Waals surface area contributed by atoms with Gasteiger partial charge in [-0.1, -0.05) is 31.2 Å². The molecule has 1 atom stereocenters. The lowest BCUT2D eigenvalue weighted by Crippen LogP contribution is -2.17. The second-order valence-electron chi connectivity index (χ2n) is 4.85. The lowest BCUT2D eigenvalue weighted by atomic mass is 10.1. The van der Waals surface area contributed by atoms with Gasteiger partial charge in [-0.3, -0.25) is 0 Å². The Hall–Kier alpha value is -1.94. The molecule has 0 aromatic heterocycles. The fraction of sp³-hybridized carbons (Fsp3) is 0.294. The highest BCUT2D eigenvalue weighted by molar-refractivity contribution is 5.29. The summed E-state index contributed by atoms with van der Waals surface area (Å²) in [6, 6.07) is 11.9. The van der Waals surface area contributed by atoms with Crippen molar-refractivity contribution in [1.82, 2.24) is 5.32 Å². The van der Waals surface area contributed by atoms with Crippen LogP contribution >= 0.6 is 0 Å². The van der Waals surface area contributed by atoms with E-state index in [1.165, 1.54) is 12.1 Å². The van der Waals surface area contributed by atoms with Crippen LogP contribution in [0.2, 0.25) is 0 Å². The van der Waals surface area contributed by atoms with Crippen molar-refractivity contribution in [3.05, 3.63) is 65.2 Å². The maximum Gasteiger partial charge on any atom is 0.165 e. The summed E-state index contributed by atoms with van der Waals surface area (Å²) in [5.74, 6) is -1.08. The lowest BCUT2D eigenvalue weighted by Gasteiger charge is -2.13. The Bertz CT molecular complexity index is 584. The normalized spacial score (nSPS) is 12.2. The number of benzene rings is 2. The van der Waals surface area contributed by atoms with Gasteiger partial charge in [-0.15, -0.1) is 0 Å². The summed E-state index contributed by atoms with van der Waals surface area (Å²) in [4.78, 5) is 0. The molecule has 2 aromatic rings. The minimum absolute atomic E-state index is 0.00566. The molecule has 0 amide bonds. The van der Waals surface area contributed by atoms with Gasteiger partial charge in [0, 0.05) is 11.6 Å². The molecule has 0 aliphatic carbocycles. The molecule has 1 N–H and O–H groups in total. The topological polar surface area (TPSA) is 21.3 Å². The van der Waals surface area contributed by atoms with E-state index in [0.29, 0.717) is 5.75 Å². The van der Waals surface area contributed by atoms with Crippen LogP contribution in [0, 0.1) is 11.6 Å². The van der Waals surface area contributed by atoms with Crippen LogP contribution in [0.1, 0.15) is 31.0 Å². The standard InChI is InChI=1S/C17H19F2NO/c1-3-20-12(2)13-7-9-15(10-8-13)21-11-14-5-4-6-16(18)17(14)19/h4-10,12,20H,3,11H2,1-2H3. The zero-order valence-electron chi connectivity index (χ0n) is 12.2. The predicted octanol–water partition coefficient (Wildman–Crippen LogP) is 4.21. The molecular weight excluding hydrogens is 272 g/mol. The molecule has 2 aromatic carbocycles. The summed E-state index contributed by atoms with van der Waals surface area (Å²) < 4.78 is 32.1. The zero-order valence-corrected chi connectivity index (χ0v) is 12.2. The van der Waals surface area contributed by atoms with Crippen LogP contribution in [0.3, 0.4) is 0 Å². The van der Waals surface area contributed by atoms with Crippen LogP contribution in [-0.4, -0.2) is 6.54 Å². The molecule has 0 radical (unpaired) electrons. The molecule has 0 heterocycles. The summed E-state index contributed by atoms with van der Waals surface area (Å²) >= 11 is 0. The summed E-state index contributed by atoms with van der Waals surface area (Å²) in [6.07, 6.45) is 0. The Labute approximate surface area is 123 Å². The fourth-order valence-electron chi connectivity index (χ4n) is 2.10. The fourth-order valence-corrected chi connectivity index (χ4v) is 2.10. The third kappa shape index (κ3) is 4.02. The molecule has 0 spiro atoms. The Morgan fingerprint density at radius 1 is 1.10 bits per heavy atom. The average Bonchev–Trinajstić information content (AvgIpc) is 2.49. The molecule has 2 nitrogen and oxygen atoms in total. The minimum Gasteiger partial charge on any atom is -0.489 e. The van der Waals surface area contributed by atoms with Crippen molar-refractivity contribution in [3.8, 4) is 5.75 Å². The third-order valence-corrected chi connectivity index (χ3v) is 3.32. The van der Waals surface area contributed by atoms with Crippen molar-refractivity contribution in [2.75, 3.05) is 6.54 Å². The minimum atomic E-state index is -0.856. The Morgan fingerprint density at radius 2 is 1.81 bits per heavy atom. The molecule has 0 aliphatic heterocycles. The molecule has 112 valence electrons. The van der Waals surface area contributed by atoms with Gasteiger partial charge in [0.1, 0.15) is 12.4 Å². The first-order valence-corrected chi connectivity index (χ1v) is 7.01. The number of rotatable bonds is 6. The molecule has 0 bridgehead atoms. The van der Waals surface area contributed by atoms with Crippen molar-refractivity contribution in [2.24, 2.45) is 0 Å². The second-order valence-corrected chi connectivity index (χ2v) is 4.85. The van der Waals surface area contributed by atoms with E-state index in [2.05, 4.69) is 19.2 Å². The zero-order chi connectivity index (χ0) is 15.2.